The van der Waals surface area contributed by atoms with Crippen molar-refractivity contribution in [1.29, 1.82) is 0 Å². The summed E-state index contributed by atoms with van der Waals surface area (Å²) in [5.74, 6) is 0.750. The van der Waals surface area contributed by atoms with Crippen molar-refractivity contribution in [2.24, 2.45) is 4.99 Å². The van der Waals surface area contributed by atoms with Crippen molar-refractivity contribution in [3.63, 3.8) is 0 Å². The molecule has 1 aliphatic rings. The second kappa shape index (κ2) is 4.65. The van der Waals surface area contributed by atoms with Crippen molar-refractivity contribution in [2.75, 3.05) is 13.2 Å². The molecule has 0 aliphatic carbocycles. The number of allylic oxidation sites excluding steroid dienone is 3. The van der Waals surface area contributed by atoms with Crippen molar-refractivity contribution >= 4 is 5.90 Å². The van der Waals surface area contributed by atoms with Gasteiger partial charge in [0.2, 0.25) is 5.90 Å². The molecule has 70 valence electrons. The molecule has 0 atom stereocenters. The van der Waals surface area contributed by atoms with E-state index >= 15 is 0 Å². The summed E-state index contributed by atoms with van der Waals surface area (Å²) in [6.07, 6.45) is 5.93. The van der Waals surface area contributed by atoms with Crippen molar-refractivity contribution in [1.82, 2.24) is 0 Å². The van der Waals surface area contributed by atoms with Crippen LogP contribution in [0, 0.1) is 0 Å². The molecule has 0 N–H and O–H groups in total. The summed E-state index contributed by atoms with van der Waals surface area (Å²) >= 11 is 0. The second-order valence-electron chi connectivity index (χ2n) is 2.96. The van der Waals surface area contributed by atoms with Crippen molar-refractivity contribution in [3.8, 4) is 0 Å². The zero-order chi connectivity index (χ0) is 9.68. The van der Waals surface area contributed by atoms with Gasteiger partial charge in [0, 0.05) is 5.57 Å². The number of hydrogen-bond acceptors (Lipinski definition) is 2. The zero-order valence-corrected chi connectivity index (χ0v) is 8.21. The van der Waals surface area contributed by atoms with Gasteiger partial charge in [0.15, 0.2) is 0 Å². The summed E-state index contributed by atoms with van der Waals surface area (Å²) in [5.41, 5.74) is 2.05. The predicted molar refractivity (Wildman–Crippen MR) is 56.0 cm³/mol. The summed E-state index contributed by atoms with van der Waals surface area (Å²) in [4.78, 5) is 4.23. The van der Waals surface area contributed by atoms with E-state index in [1.165, 1.54) is 0 Å². The molecule has 0 unspecified atom stereocenters. The Morgan fingerprint density at radius 2 is 2.31 bits per heavy atom. The van der Waals surface area contributed by atoms with Crippen LogP contribution in [0.25, 0.3) is 0 Å². The molecule has 1 aliphatic heterocycles. The average Bonchev–Trinajstić information content (AvgIpc) is 2.58. The molecule has 0 spiro atoms. The van der Waals surface area contributed by atoms with E-state index in [9.17, 15) is 0 Å². The van der Waals surface area contributed by atoms with Gasteiger partial charge in [-0.15, -0.1) is 0 Å². The van der Waals surface area contributed by atoms with Gasteiger partial charge in [-0.2, -0.15) is 0 Å². The highest BCUT2D eigenvalue weighted by atomic mass is 16.5. The van der Waals surface area contributed by atoms with Gasteiger partial charge >= 0.3 is 0 Å². The SMILES string of the molecule is C=C(C)C=CC(=CC)C1=NCCO1. The lowest BCUT2D eigenvalue weighted by Gasteiger charge is -2.00. The molecule has 0 aromatic heterocycles. The highest BCUT2D eigenvalue weighted by Gasteiger charge is 2.09. The van der Waals surface area contributed by atoms with Gasteiger partial charge in [0.05, 0.1) is 6.54 Å². The number of rotatable bonds is 3. The van der Waals surface area contributed by atoms with Crippen molar-refractivity contribution in [2.45, 2.75) is 13.8 Å². The minimum atomic E-state index is 0.702. The van der Waals surface area contributed by atoms with Gasteiger partial charge in [-0.3, -0.25) is 0 Å². The molecular weight excluding hydrogens is 162 g/mol. The summed E-state index contributed by atoms with van der Waals surface area (Å²) < 4.78 is 5.34. The maximum Gasteiger partial charge on any atom is 0.215 e. The fourth-order valence-corrected chi connectivity index (χ4v) is 1.03. The number of aliphatic imine (C=N–C) groups is 1. The third-order valence-corrected chi connectivity index (χ3v) is 1.69. The molecule has 0 bridgehead atoms. The molecule has 1 heterocycles. The molecule has 0 saturated carbocycles. The topological polar surface area (TPSA) is 21.6 Å². The van der Waals surface area contributed by atoms with E-state index in [0.29, 0.717) is 6.61 Å². The van der Waals surface area contributed by atoms with Crippen LogP contribution in [-0.2, 0) is 4.74 Å². The summed E-state index contributed by atoms with van der Waals surface area (Å²) in [5, 5.41) is 0. The van der Waals surface area contributed by atoms with Gasteiger partial charge in [0.25, 0.3) is 0 Å². The highest BCUT2D eigenvalue weighted by Crippen LogP contribution is 2.08. The fourth-order valence-electron chi connectivity index (χ4n) is 1.03. The fraction of sp³-hybridized carbons (Fsp3) is 0.364. The standard InChI is InChI=1S/C11H15NO/c1-4-10(6-5-9(2)3)11-12-7-8-13-11/h4-6H,2,7-8H2,1,3H3. The van der Waals surface area contributed by atoms with Gasteiger partial charge in [-0.05, 0) is 19.9 Å². The third-order valence-electron chi connectivity index (χ3n) is 1.69. The first-order valence-corrected chi connectivity index (χ1v) is 4.41. The van der Waals surface area contributed by atoms with E-state index < -0.39 is 0 Å². The summed E-state index contributed by atoms with van der Waals surface area (Å²) in [7, 11) is 0. The molecule has 0 aromatic carbocycles. The Hall–Kier alpha value is -1.31. The molecule has 0 radical (unpaired) electrons. The Kier molecular flexibility index (Phi) is 3.50. The first-order chi connectivity index (χ1) is 6.24. The first-order valence-electron chi connectivity index (χ1n) is 4.41. The molecule has 0 aromatic rings. The van der Waals surface area contributed by atoms with E-state index in [-0.39, 0.29) is 0 Å². The van der Waals surface area contributed by atoms with Crippen molar-refractivity contribution < 1.29 is 4.74 Å². The molecule has 0 saturated heterocycles. The number of ether oxygens (including phenoxy) is 1. The molecule has 2 heteroatoms. The van der Waals surface area contributed by atoms with Crippen LogP contribution < -0.4 is 0 Å². The molecule has 13 heavy (non-hydrogen) atoms. The Morgan fingerprint density at radius 1 is 1.54 bits per heavy atom. The quantitative estimate of drug-likeness (QED) is 0.607. The average molecular weight is 177 g/mol. The van der Waals surface area contributed by atoms with Crippen LogP contribution in [0.15, 0.2) is 40.9 Å². The minimum absolute atomic E-state index is 0.702. The van der Waals surface area contributed by atoms with Crippen LogP contribution in [0.5, 0.6) is 0 Å². The highest BCUT2D eigenvalue weighted by molar-refractivity contribution is 5.97. The number of hydrogen-bond donors (Lipinski definition) is 0. The van der Waals surface area contributed by atoms with E-state index in [0.717, 1.165) is 23.6 Å². The second-order valence-corrected chi connectivity index (χ2v) is 2.96. The largest absolute Gasteiger partial charge is 0.476 e. The van der Waals surface area contributed by atoms with E-state index in [4.69, 9.17) is 4.74 Å². The molecule has 1 rings (SSSR count). The molecule has 0 fully saturated rings. The predicted octanol–water partition coefficient (Wildman–Crippen LogP) is 2.49. The summed E-state index contributed by atoms with van der Waals surface area (Å²) in [6, 6.07) is 0. The van der Waals surface area contributed by atoms with Gasteiger partial charge in [0.1, 0.15) is 6.61 Å². The minimum Gasteiger partial charge on any atom is -0.476 e. The Bertz CT molecular complexity index is 284. The Labute approximate surface area is 79.3 Å². The van der Waals surface area contributed by atoms with Crippen LogP contribution in [0.3, 0.4) is 0 Å². The molecule has 2 nitrogen and oxygen atoms in total. The number of nitrogens with zero attached hydrogens (tertiary/aromatic N) is 1. The lowest BCUT2D eigenvalue weighted by atomic mass is 10.2. The Balaban J connectivity index is 2.69. The van der Waals surface area contributed by atoms with Crippen LogP contribution >= 0.6 is 0 Å². The van der Waals surface area contributed by atoms with Crippen LogP contribution in [0.2, 0.25) is 0 Å². The Morgan fingerprint density at radius 3 is 2.77 bits per heavy atom. The summed E-state index contributed by atoms with van der Waals surface area (Å²) in [6.45, 7) is 9.20. The van der Waals surface area contributed by atoms with Crippen molar-refractivity contribution in [3.05, 3.63) is 36.0 Å². The van der Waals surface area contributed by atoms with Gasteiger partial charge < -0.3 is 4.74 Å². The maximum absolute atomic E-state index is 5.34. The van der Waals surface area contributed by atoms with Crippen LogP contribution in [0.1, 0.15) is 13.8 Å². The van der Waals surface area contributed by atoms with Crippen LogP contribution in [-0.4, -0.2) is 19.0 Å². The normalized spacial score (nSPS) is 17.4. The van der Waals surface area contributed by atoms with E-state index in [1.807, 2.05) is 32.1 Å². The van der Waals surface area contributed by atoms with E-state index in [2.05, 4.69) is 11.6 Å². The van der Waals surface area contributed by atoms with Gasteiger partial charge in [-0.1, -0.05) is 24.3 Å². The smallest absolute Gasteiger partial charge is 0.215 e. The third kappa shape index (κ3) is 2.90. The first kappa shape index (κ1) is 9.78. The lowest BCUT2D eigenvalue weighted by Crippen LogP contribution is -2.00. The maximum atomic E-state index is 5.34. The van der Waals surface area contributed by atoms with Crippen LogP contribution in [0.4, 0.5) is 0 Å². The van der Waals surface area contributed by atoms with Gasteiger partial charge in [-0.25, -0.2) is 4.99 Å². The molecular formula is C11H15NO. The molecule has 0 amide bonds. The lowest BCUT2D eigenvalue weighted by molar-refractivity contribution is 0.348. The zero-order valence-electron chi connectivity index (χ0n) is 8.21. The van der Waals surface area contributed by atoms with E-state index in [1.54, 1.807) is 0 Å². The monoisotopic (exact) mass is 177 g/mol.